The molecule has 23 nitrogen and oxygen atoms in total. The highest BCUT2D eigenvalue weighted by molar-refractivity contribution is 6.38. The molecular formula is C95H92ClN19O4. The van der Waals surface area contributed by atoms with Crippen LogP contribution in [0.4, 0.5) is 51.7 Å². The van der Waals surface area contributed by atoms with Gasteiger partial charge < -0.3 is 49.9 Å². The number of aryl methyl sites for hydroxylation is 4. The van der Waals surface area contributed by atoms with E-state index >= 15 is 0 Å². The molecule has 0 saturated heterocycles. The summed E-state index contributed by atoms with van der Waals surface area (Å²) in [5, 5.41) is 58.5. The first-order valence-electron chi connectivity index (χ1n) is 39.1. The Bertz CT molecular complexity index is 6190. The summed E-state index contributed by atoms with van der Waals surface area (Å²) < 4.78 is 1.79. The minimum atomic E-state index is -0.118. The number of nitrogens with one attached hydrogen (secondary N) is 4. The zero-order valence-corrected chi connectivity index (χ0v) is 67.0. The zero-order valence-electron chi connectivity index (χ0n) is 66.3. The molecule has 10 atom stereocenters. The fourth-order valence-electron chi connectivity index (χ4n) is 16.1. The summed E-state index contributed by atoms with van der Waals surface area (Å²) in [6.45, 7) is 12.2. The number of pyridine rings is 4. The van der Waals surface area contributed by atoms with E-state index in [2.05, 4.69) is 146 Å². The van der Waals surface area contributed by atoms with Gasteiger partial charge in [-0.3, -0.25) is 23.9 Å². The van der Waals surface area contributed by atoms with Gasteiger partial charge in [0.15, 0.2) is 0 Å². The Morgan fingerprint density at radius 2 is 0.824 bits per heavy atom. The third-order valence-electron chi connectivity index (χ3n) is 23.4. The van der Waals surface area contributed by atoms with E-state index in [0.717, 1.165) is 117 Å². The molecule has 4 fully saturated rings. The maximum absolute atomic E-state index is 12.5. The second kappa shape index (κ2) is 35.1. The van der Waals surface area contributed by atoms with Gasteiger partial charge in [0.2, 0.25) is 23.6 Å². The molecule has 119 heavy (non-hydrogen) atoms. The van der Waals surface area contributed by atoms with Gasteiger partial charge in [-0.1, -0.05) is 112 Å². The predicted octanol–water partition coefficient (Wildman–Crippen LogP) is 18.9. The van der Waals surface area contributed by atoms with Crippen LogP contribution in [0.15, 0.2) is 189 Å². The Labute approximate surface area is 695 Å². The first-order chi connectivity index (χ1) is 56.8. The number of nitrogens with two attached hydrogens (primary N) is 5. The van der Waals surface area contributed by atoms with Gasteiger partial charge in [0.05, 0.1) is 41.2 Å². The van der Waals surface area contributed by atoms with Crippen LogP contribution in [0.25, 0.3) is 98.7 Å². The van der Waals surface area contributed by atoms with E-state index in [1.54, 1.807) is 35.5 Å². The van der Waals surface area contributed by atoms with Gasteiger partial charge in [0.25, 0.3) is 0 Å². The summed E-state index contributed by atoms with van der Waals surface area (Å²) in [5.74, 6) is 2.27. The maximum Gasteiger partial charge on any atom is 0.229 e. The topological polar surface area (TPSA) is 411 Å². The molecule has 24 heteroatoms. The standard InChI is InChI=1S/C26H24N6O.2C23H22N4O.C22H20ClN5O.CH4/c1-15-4-3-5-20(19-12-30-32(2)14-19)25(15)18-8-17-11-24(29-13-22(17)23(28)10-18)31-26(33)21-9-16(21)6-7-27;2*1-13-5-3-4-6-17(13)15-9-16-11-21(26-12-19(16)20(25)10-15)27-23(28)22-14(2)18(22)7-8-24;1-11-14(3-2-4-18(11)25)16-8-13-9-19(27-10-17(13)21(26)20(16)23)28-22(29)15-7-12(15)5-6-24;/h3-5,8,10-14,16,21H,6,9,28H2,1-2H3,(H,29,31,33);2*3-6,9-12,14,18,22H,7,25H2,1-2H3,(H,26,27,28);2-4,8-10,12,15H,5,7,25-26H2,1H3,(H,27,28,29);1H4/t16-,21-;14-,18+,22+;14-,18-,22-;12-,15-;/m0100./s1. The summed E-state index contributed by atoms with van der Waals surface area (Å²) in [7, 11) is 1.90. The van der Waals surface area contributed by atoms with E-state index in [0.29, 0.717) is 87.8 Å². The van der Waals surface area contributed by atoms with Crippen LogP contribution in [0, 0.1) is 132 Å². The van der Waals surface area contributed by atoms with Crippen LogP contribution in [0.2, 0.25) is 5.02 Å². The highest BCUT2D eigenvalue weighted by Crippen LogP contribution is 2.51. The van der Waals surface area contributed by atoms with E-state index < -0.39 is 0 Å². The predicted molar refractivity (Wildman–Crippen MR) is 475 cm³/mol. The summed E-state index contributed by atoms with van der Waals surface area (Å²) in [4.78, 5) is 67.3. The van der Waals surface area contributed by atoms with E-state index in [1.807, 2.05) is 131 Å². The summed E-state index contributed by atoms with van der Waals surface area (Å²) in [6.07, 6.45) is 13.7. The van der Waals surface area contributed by atoms with E-state index in [4.69, 9.17) is 61.3 Å². The number of halogens is 1. The molecule has 13 aromatic rings. The molecule has 4 aliphatic rings. The van der Waals surface area contributed by atoms with Gasteiger partial charge in [-0.05, 0) is 237 Å². The Morgan fingerprint density at radius 3 is 1.26 bits per heavy atom. The maximum atomic E-state index is 12.5. The van der Waals surface area contributed by atoms with Gasteiger partial charge in [0, 0.05) is 143 Å². The van der Waals surface area contributed by atoms with Gasteiger partial charge in [-0.2, -0.15) is 26.1 Å². The van der Waals surface area contributed by atoms with Crippen molar-refractivity contribution in [3.8, 4) is 79.9 Å². The number of carbonyl (C=O) groups excluding carboxylic acids is 4. The van der Waals surface area contributed by atoms with E-state index in [-0.39, 0.29) is 90.2 Å². The minimum Gasteiger partial charge on any atom is -0.398 e. The van der Waals surface area contributed by atoms with Crippen molar-refractivity contribution < 1.29 is 19.2 Å². The molecule has 598 valence electrons. The fourth-order valence-corrected chi connectivity index (χ4v) is 16.4. The van der Waals surface area contributed by atoms with Gasteiger partial charge >= 0.3 is 0 Å². The molecule has 5 aromatic heterocycles. The number of rotatable bonds is 17. The van der Waals surface area contributed by atoms with Crippen molar-refractivity contribution in [2.24, 2.45) is 66.2 Å². The normalized spacial score (nSPS) is 18.7. The first kappa shape index (κ1) is 82.7. The van der Waals surface area contributed by atoms with Crippen LogP contribution in [-0.4, -0.2) is 53.3 Å². The summed E-state index contributed by atoms with van der Waals surface area (Å²) in [6, 6.07) is 58.2. The molecule has 0 bridgehead atoms. The number of carbonyl (C=O) groups is 4. The second-order valence-electron chi connectivity index (χ2n) is 31.3. The number of anilines is 9. The number of aromatic nitrogens is 6. The van der Waals surface area contributed by atoms with Gasteiger partial charge in [0.1, 0.15) is 23.3 Å². The third kappa shape index (κ3) is 17.9. The average molecular weight is 1600 g/mol. The number of hydrogen-bond donors (Lipinski definition) is 9. The molecule has 8 aromatic carbocycles. The number of hydrogen-bond acceptors (Lipinski definition) is 18. The highest BCUT2D eigenvalue weighted by atomic mass is 35.5. The fraction of sp³-hybridized carbons (Fsp3) is 0.253. The number of nitriles is 4. The first-order valence-corrected chi connectivity index (χ1v) is 39.4. The van der Waals surface area contributed by atoms with Gasteiger partial charge in [-0.25, -0.2) is 19.9 Å². The van der Waals surface area contributed by atoms with Crippen molar-refractivity contribution in [2.75, 3.05) is 49.9 Å². The molecule has 4 amide bonds. The van der Waals surface area contributed by atoms with E-state index in [1.165, 1.54) is 11.1 Å². The molecule has 0 radical (unpaired) electrons. The molecule has 4 aliphatic carbocycles. The monoisotopic (exact) mass is 1600 g/mol. The Morgan fingerprint density at radius 1 is 0.437 bits per heavy atom. The van der Waals surface area contributed by atoms with Crippen molar-refractivity contribution in [3.63, 3.8) is 0 Å². The van der Waals surface area contributed by atoms with Gasteiger partial charge in [-0.15, -0.1) is 0 Å². The molecule has 0 aliphatic heterocycles. The average Bonchev–Trinajstić information content (AvgIpc) is 1.76. The number of amides is 4. The third-order valence-corrected chi connectivity index (χ3v) is 23.8. The van der Waals surface area contributed by atoms with Crippen LogP contribution < -0.4 is 49.9 Å². The molecule has 4 saturated carbocycles. The molecule has 5 heterocycles. The van der Waals surface area contributed by atoms with Crippen molar-refractivity contribution in [3.05, 3.63) is 216 Å². The minimum absolute atomic E-state index is 0. The van der Waals surface area contributed by atoms with E-state index in [9.17, 15) is 19.2 Å². The number of nitrogens with zero attached hydrogens (tertiary/aromatic N) is 10. The quantitative estimate of drug-likeness (QED) is 0.0382. The molecule has 17 rings (SSSR count). The second-order valence-corrected chi connectivity index (χ2v) is 31.6. The Hall–Kier alpha value is -14.3. The van der Waals surface area contributed by atoms with Crippen molar-refractivity contribution in [2.45, 2.75) is 87.5 Å². The Balaban J connectivity index is 0.000000137. The lowest BCUT2D eigenvalue weighted by Crippen LogP contribution is -2.16. The lowest BCUT2D eigenvalue weighted by atomic mass is 9.91. The van der Waals surface area contributed by atoms with Crippen molar-refractivity contribution >= 4 is 130 Å². The zero-order chi connectivity index (χ0) is 83.5. The molecule has 0 unspecified atom stereocenters. The SMILES string of the molecule is C.Cc1c(N)cccc1-c1cc2cc(NC(=O)[C@H]3C[C@@H]3CC#N)ncc2c(N)c1Cl.Cc1cccc(-c2cnn(C)c2)c1-c1cc(N)c2cnc(NC(=O)[C@H]3C[C@@H]3CC#N)cc2c1.Cc1ccccc1-c1cc(N)c2cnc(NC(=O)[C@H]3[C@@H](C)[C@@H]3CC#N)cc2c1.Cc1ccccc1-c1cc(N)c2cnc(NC(=O)[C@H]3[C@H](C)[C@@H]3CC#N)cc2c1. The number of benzene rings is 8. The van der Waals surface area contributed by atoms with Crippen LogP contribution in [0.5, 0.6) is 0 Å². The Kier molecular flexibility index (Phi) is 24.4. The lowest BCUT2D eigenvalue weighted by Gasteiger charge is -2.15. The lowest BCUT2D eigenvalue weighted by molar-refractivity contribution is -0.118. The van der Waals surface area contributed by atoms with Crippen LogP contribution >= 0.6 is 11.6 Å². The molecule has 14 N–H and O–H groups in total. The summed E-state index contributed by atoms with van der Waals surface area (Å²) in [5.41, 5.74) is 49.0. The van der Waals surface area contributed by atoms with Crippen LogP contribution in [0.3, 0.4) is 0 Å². The number of nitrogen functional groups attached to an aromatic ring is 5. The van der Waals surface area contributed by atoms with Crippen molar-refractivity contribution in [1.82, 2.24) is 29.7 Å². The van der Waals surface area contributed by atoms with Crippen LogP contribution in [-0.2, 0) is 26.2 Å². The summed E-state index contributed by atoms with van der Waals surface area (Å²) >= 11 is 6.56. The largest absolute Gasteiger partial charge is 0.398 e. The highest BCUT2D eigenvalue weighted by Gasteiger charge is 2.52. The van der Waals surface area contributed by atoms with Crippen LogP contribution in [0.1, 0.15) is 82.1 Å². The smallest absolute Gasteiger partial charge is 0.229 e. The number of fused-ring (bicyclic) bond motifs is 4. The molecule has 0 spiro atoms. The molecular weight excluding hydrogens is 1510 g/mol. The van der Waals surface area contributed by atoms with Crippen molar-refractivity contribution in [1.29, 1.82) is 21.0 Å².